The van der Waals surface area contributed by atoms with E-state index in [1.54, 1.807) is 12.1 Å². The molecule has 1 heterocycles. The van der Waals surface area contributed by atoms with Crippen molar-refractivity contribution in [3.63, 3.8) is 0 Å². The van der Waals surface area contributed by atoms with E-state index in [1.165, 1.54) is 0 Å². The number of ether oxygens (including phenoxy) is 1. The van der Waals surface area contributed by atoms with Gasteiger partial charge in [0.05, 0.1) is 6.61 Å². The zero-order valence-electron chi connectivity index (χ0n) is 11.9. The maximum atomic E-state index is 12.3. The molecule has 4 heteroatoms. The van der Waals surface area contributed by atoms with Gasteiger partial charge < -0.3 is 9.15 Å². The number of rotatable bonds is 3. The van der Waals surface area contributed by atoms with Crippen LogP contribution in [0.4, 0.5) is 0 Å². The summed E-state index contributed by atoms with van der Waals surface area (Å²) in [5, 5.41) is 0.660. The summed E-state index contributed by atoms with van der Waals surface area (Å²) in [7, 11) is 0. The number of furan rings is 1. The van der Waals surface area contributed by atoms with Crippen LogP contribution in [-0.2, 0) is 17.6 Å². The molecule has 0 bridgehead atoms. The summed E-state index contributed by atoms with van der Waals surface area (Å²) >= 11 is 5.93. The van der Waals surface area contributed by atoms with Gasteiger partial charge in [-0.25, -0.2) is 4.79 Å². The van der Waals surface area contributed by atoms with Crippen molar-refractivity contribution >= 4 is 17.6 Å². The second kappa shape index (κ2) is 5.94. The minimum absolute atomic E-state index is 0.297. The molecule has 2 aromatic rings. The first-order chi connectivity index (χ1) is 10.2. The number of fused-ring (bicyclic) bond motifs is 1. The van der Waals surface area contributed by atoms with Crippen molar-refractivity contribution in [2.75, 3.05) is 6.61 Å². The van der Waals surface area contributed by atoms with E-state index in [9.17, 15) is 4.79 Å². The standard InChI is InChI=1S/C17H17ClO3/c1-2-20-17(19)15-13-5-3-4-6-14(13)21-16(15)11-7-9-12(18)10-8-11/h7-10H,2-6H2,1H3. The van der Waals surface area contributed by atoms with Crippen LogP contribution in [0.2, 0.25) is 5.02 Å². The fourth-order valence-corrected chi connectivity index (χ4v) is 2.92. The molecule has 0 saturated heterocycles. The Kier molecular flexibility index (Phi) is 4.02. The highest BCUT2D eigenvalue weighted by Crippen LogP contribution is 2.36. The van der Waals surface area contributed by atoms with Crippen molar-refractivity contribution in [1.29, 1.82) is 0 Å². The van der Waals surface area contributed by atoms with Gasteiger partial charge >= 0.3 is 5.97 Å². The molecule has 0 radical (unpaired) electrons. The summed E-state index contributed by atoms with van der Waals surface area (Å²) in [5.74, 6) is 1.24. The zero-order valence-corrected chi connectivity index (χ0v) is 12.7. The average Bonchev–Trinajstić information content (AvgIpc) is 2.87. The third-order valence-corrected chi connectivity index (χ3v) is 4.01. The van der Waals surface area contributed by atoms with Gasteiger partial charge in [-0.3, -0.25) is 0 Å². The van der Waals surface area contributed by atoms with Crippen LogP contribution in [0.1, 0.15) is 41.4 Å². The molecule has 0 fully saturated rings. The summed E-state index contributed by atoms with van der Waals surface area (Å²) in [5.41, 5.74) is 2.47. The van der Waals surface area contributed by atoms with Crippen molar-refractivity contribution in [2.24, 2.45) is 0 Å². The topological polar surface area (TPSA) is 39.4 Å². The van der Waals surface area contributed by atoms with E-state index >= 15 is 0 Å². The molecule has 0 aliphatic heterocycles. The molecule has 1 aromatic heterocycles. The van der Waals surface area contributed by atoms with Gasteiger partial charge in [0, 0.05) is 22.6 Å². The van der Waals surface area contributed by atoms with E-state index in [-0.39, 0.29) is 5.97 Å². The van der Waals surface area contributed by atoms with Gasteiger partial charge in [0.1, 0.15) is 17.1 Å². The molecular weight excluding hydrogens is 288 g/mol. The Labute approximate surface area is 128 Å². The fourth-order valence-electron chi connectivity index (χ4n) is 2.79. The van der Waals surface area contributed by atoms with Gasteiger partial charge in [-0.15, -0.1) is 0 Å². The highest BCUT2D eigenvalue weighted by molar-refractivity contribution is 6.30. The Bertz CT molecular complexity index is 655. The van der Waals surface area contributed by atoms with E-state index in [4.69, 9.17) is 20.8 Å². The third kappa shape index (κ3) is 2.70. The number of benzene rings is 1. The predicted molar refractivity (Wildman–Crippen MR) is 81.8 cm³/mol. The fraction of sp³-hybridized carbons (Fsp3) is 0.353. The zero-order chi connectivity index (χ0) is 14.8. The first-order valence-electron chi connectivity index (χ1n) is 7.28. The summed E-state index contributed by atoms with van der Waals surface area (Å²) in [6.07, 6.45) is 3.94. The maximum absolute atomic E-state index is 12.3. The minimum atomic E-state index is -0.297. The van der Waals surface area contributed by atoms with Crippen molar-refractivity contribution in [3.05, 3.63) is 46.2 Å². The van der Waals surface area contributed by atoms with E-state index in [2.05, 4.69) is 0 Å². The van der Waals surface area contributed by atoms with Gasteiger partial charge in [-0.2, -0.15) is 0 Å². The number of hydrogen-bond acceptors (Lipinski definition) is 3. The van der Waals surface area contributed by atoms with Crippen LogP contribution >= 0.6 is 11.6 Å². The largest absolute Gasteiger partial charge is 0.462 e. The van der Waals surface area contributed by atoms with E-state index in [0.717, 1.165) is 42.6 Å². The number of carbonyl (C=O) groups is 1. The quantitative estimate of drug-likeness (QED) is 0.774. The highest BCUT2D eigenvalue weighted by Gasteiger charge is 2.28. The summed E-state index contributed by atoms with van der Waals surface area (Å²) in [6.45, 7) is 2.17. The van der Waals surface area contributed by atoms with Gasteiger partial charge in [0.25, 0.3) is 0 Å². The Balaban J connectivity index is 2.12. The van der Waals surface area contributed by atoms with Crippen LogP contribution < -0.4 is 0 Å². The minimum Gasteiger partial charge on any atom is -0.462 e. The monoisotopic (exact) mass is 304 g/mol. The molecule has 0 spiro atoms. The first-order valence-corrected chi connectivity index (χ1v) is 7.66. The lowest BCUT2D eigenvalue weighted by Crippen LogP contribution is -2.10. The molecule has 0 amide bonds. The highest BCUT2D eigenvalue weighted by atomic mass is 35.5. The van der Waals surface area contributed by atoms with Crippen molar-refractivity contribution in [2.45, 2.75) is 32.6 Å². The predicted octanol–water partition coefficient (Wildman–Crippen LogP) is 4.66. The lowest BCUT2D eigenvalue weighted by molar-refractivity contribution is 0.0525. The Morgan fingerprint density at radius 3 is 2.67 bits per heavy atom. The molecule has 0 atom stereocenters. The average molecular weight is 305 g/mol. The van der Waals surface area contributed by atoms with Gasteiger partial charge in [-0.05, 0) is 50.5 Å². The smallest absolute Gasteiger partial charge is 0.342 e. The summed E-state index contributed by atoms with van der Waals surface area (Å²) < 4.78 is 11.2. The van der Waals surface area contributed by atoms with Gasteiger partial charge in [0.15, 0.2) is 0 Å². The van der Waals surface area contributed by atoms with E-state index in [0.29, 0.717) is 23.0 Å². The molecule has 0 saturated carbocycles. The molecule has 21 heavy (non-hydrogen) atoms. The summed E-state index contributed by atoms with van der Waals surface area (Å²) in [4.78, 5) is 12.3. The number of halogens is 1. The van der Waals surface area contributed by atoms with Gasteiger partial charge in [-0.1, -0.05) is 11.6 Å². The van der Waals surface area contributed by atoms with E-state index in [1.807, 2.05) is 19.1 Å². The van der Waals surface area contributed by atoms with Crippen LogP contribution in [0.5, 0.6) is 0 Å². The molecule has 1 aliphatic carbocycles. The first kappa shape index (κ1) is 14.2. The Morgan fingerprint density at radius 1 is 1.24 bits per heavy atom. The van der Waals surface area contributed by atoms with Crippen LogP contribution in [0, 0.1) is 0 Å². The van der Waals surface area contributed by atoms with Crippen LogP contribution in [0.15, 0.2) is 28.7 Å². The molecule has 1 aromatic carbocycles. The molecule has 1 aliphatic rings. The molecule has 3 rings (SSSR count). The van der Waals surface area contributed by atoms with Crippen molar-refractivity contribution in [3.8, 4) is 11.3 Å². The number of esters is 1. The van der Waals surface area contributed by atoms with Crippen LogP contribution in [0.3, 0.4) is 0 Å². The van der Waals surface area contributed by atoms with Crippen LogP contribution in [0.25, 0.3) is 11.3 Å². The Hall–Kier alpha value is -1.74. The van der Waals surface area contributed by atoms with Crippen molar-refractivity contribution in [1.82, 2.24) is 0 Å². The second-order valence-electron chi connectivity index (χ2n) is 5.14. The van der Waals surface area contributed by atoms with Crippen LogP contribution in [-0.4, -0.2) is 12.6 Å². The molecule has 3 nitrogen and oxygen atoms in total. The van der Waals surface area contributed by atoms with E-state index < -0.39 is 0 Å². The second-order valence-corrected chi connectivity index (χ2v) is 5.58. The normalized spacial score (nSPS) is 13.8. The lowest BCUT2D eigenvalue weighted by atomic mass is 9.93. The molecule has 110 valence electrons. The maximum Gasteiger partial charge on any atom is 0.342 e. The lowest BCUT2D eigenvalue weighted by Gasteiger charge is -2.10. The number of carbonyl (C=O) groups excluding carboxylic acids is 1. The molecule has 0 N–H and O–H groups in total. The Morgan fingerprint density at radius 2 is 1.95 bits per heavy atom. The van der Waals surface area contributed by atoms with Crippen molar-refractivity contribution < 1.29 is 13.9 Å². The van der Waals surface area contributed by atoms with Gasteiger partial charge in [0.2, 0.25) is 0 Å². The summed E-state index contributed by atoms with van der Waals surface area (Å²) in [6, 6.07) is 7.34. The number of aryl methyl sites for hydroxylation is 1. The molecular formula is C17H17ClO3. The SMILES string of the molecule is CCOC(=O)c1c(-c2ccc(Cl)cc2)oc2c1CCCC2. The third-order valence-electron chi connectivity index (χ3n) is 3.76. The number of hydrogen-bond donors (Lipinski definition) is 0. The molecule has 0 unspecified atom stereocenters.